The summed E-state index contributed by atoms with van der Waals surface area (Å²) >= 11 is 0. The molecule has 0 saturated heterocycles. The minimum Gasteiger partial charge on any atom is -0.497 e. The molecule has 0 fully saturated rings. The molecule has 0 saturated carbocycles. The SMILES string of the molecule is COc1ccc(C(=O)N/N=C\C(/C=N\NC(=O)c2ccc(OC)cc2)[N+](=O)[O-])cc1. The highest BCUT2D eigenvalue weighted by Gasteiger charge is 2.15. The lowest BCUT2D eigenvalue weighted by Gasteiger charge is -2.03. The molecule has 11 heteroatoms. The molecule has 30 heavy (non-hydrogen) atoms. The Hall–Kier alpha value is -4.28. The molecule has 0 atom stereocenters. The summed E-state index contributed by atoms with van der Waals surface area (Å²) in [6.45, 7) is 0. The zero-order valence-electron chi connectivity index (χ0n) is 16.1. The van der Waals surface area contributed by atoms with Crippen molar-refractivity contribution in [2.24, 2.45) is 10.2 Å². The minimum atomic E-state index is -1.46. The summed E-state index contributed by atoms with van der Waals surface area (Å²) in [5, 5.41) is 18.2. The molecule has 156 valence electrons. The molecule has 0 aromatic heterocycles. The summed E-state index contributed by atoms with van der Waals surface area (Å²) in [6.07, 6.45) is 1.76. The highest BCUT2D eigenvalue weighted by molar-refractivity contribution is 5.96. The molecule has 11 nitrogen and oxygen atoms in total. The van der Waals surface area contributed by atoms with Crippen LogP contribution in [0.15, 0.2) is 58.7 Å². The molecule has 0 heterocycles. The summed E-state index contributed by atoms with van der Waals surface area (Å²) in [5.74, 6) is 0.0502. The topological polar surface area (TPSA) is 145 Å². The van der Waals surface area contributed by atoms with E-state index < -0.39 is 22.8 Å². The van der Waals surface area contributed by atoms with Crippen molar-refractivity contribution in [3.8, 4) is 11.5 Å². The van der Waals surface area contributed by atoms with E-state index in [0.29, 0.717) is 22.6 Å². The van der Waals surface area contributed by atoms with Crippen LogP contribution in [0, 0.1) is 10.1 Å². The Bertz CT molecular complexity index is 869. The number of benzene rings is 2. The van der Waals surface area contributed by atoms with E-state index in [1.807, 2.05) is 0 Å². The van der Waals surface area contributed by atoms with Crippen molar-refractivity contribution < 1.29 is 24.0 Å². The van der Waals surface area contributed by atoms with Crippen LogP contribution >= 0.6 is 0 Å². The number of hydrogen-bond acceptors (Lipinski definition) is 8. The molecular weight excluding hydrogens is 394 g/mol. The van der Waals surface area contributed by atoms with Crippen LogP contribution in [0.2, 0.25) is 0 Å². The van der Waals surface area contributed by atoms with Crippen LogP contribution in [-0.4, -0.2) is 49.4 Å². The lowest BCUT2D eigenvalue weighted by Crippen LogP contribution is -2.27. The molecule has 2 aromatic rings. The van der Waals surface area contributed by atoms with Gasteiger partial charge in [-0.05, 0) is 48.5 Å². The van der Waals surface area contributed by atoms with Crippen LogP contribution in [0.4, 0.5) is 0 Å². The van der Waals surface area contributed by atoms with Crippen molar-refractivity contribution >= 4 is 24.2 Å². The van der Waals surface area contributed by atoms with E-state index in [0.717, 1.165) is 12.4 Å². The number of nitro groups is 1. The molecule has 2 aromatic carbocycles. The molecule has 0 aliphatic carbocycles. The molecule has 0 aliphatic rings. The first-order valence-corrected chi connectivity index (χ1v) is 8.53. The van der Waals surface area contributed by atoms with Crippen molar-refractivity contribution in [2.45, 2.75) is 6.04 Å². The Morgan fingerprint density at radius 3 is 1.53 bits per heavy atom. The number of nitrogens with one attached hydrogen (secondary N) is 2. The molecule has 0 aliphatic heterocycles. The fraction of sp³-hybridized carbons (Fsp3) is 0.158. The van der Waals surface area contributed by atoms with Gasteiger partial charge in [-0.2, -0.15) is 10.2 Å². The fourth-order valence-electron chi connectivity index (χ4n) is 2.11. The smallest absolute Gasteiger partial charge is 0.286 e. The number of methoxy groups -OCH3 is 2. The maximum absolute atomic E-state index is 12.0. The van der Waals surface area contributed by atoms with Crippen LogP contribution in [0.1, 0.15) is 20.7 Å². The fourth-order valence-corrected chi connectivity index (χ4v) is 2.11. The van der Waals surface area contributed by atoms with Gasteiger partial charge in [-0.25, -0.2) is 10.9 Å². The second kappa shape index (κ2) is 10.9. The summed E-state index contributed by atoms with van der Waals surface area (Å²) in [4.78, 5) is 34.3. The van der Waals surface area contributed by atoms with Crippen LogP contribution < -0.4 is 20.3 Å². The molecule has 2 rings (SSSR count). The monoisotopic (exact) mass is 413 g/mol. The molecular formula is C19H19N5O6. The number of carbonyl (C=O) groups is 2. The highest BCUT2D eigenvalue weighted by Crippen LogP contribution is 2.11. The van der Waals surface area contributed by atoms with Gasteiger partial charge >= 0.3 is 0 Å². The third-order valence-corrected chi connectivity index (χ3v) is 3.73. The van der Waals surface area contributed by atoms with Gasteiger partial charge in [0, 0.05) is 16.1 Å². The van der Waals surface area contributed by atoms with Crippen LogP contribution in [-0.2, 0) is 0 Å². The van der Waals surface area contributed by atoms with Crippen molar-refractivity contribution in [2.75, 3.05) is 14.2 Å². The van der Waals surface area contributed by atoms with Crippen LogP contribution in [0.25, 0.3) is 0 Å². The number of carbonyl (C=O) groups excluding carboxylic acids is 2. The van der Waals surface area contributed by atoms with E-state index in [-0.39, 0.29) is 0 Å². The predicted molar refractivity (Wildman–Crippen MR) is 109 cm³/mol. The number of amides is 2. The van der Waals surface area contributed by atoms with E-state index >= 15 is 0 Å². The minimum absolute atomic E-state index is 0.297. The second-order valence-corrected chi connectivity index (χ2v) is 5.67. The standard InChI is InChI=1S/C19H19N5O6/c1-29-16-7-3-13(4-8-16)18(25)22-20-11-15(24(27)28)12-21-23-19(26)14-5-9-17(30-2)10-6-14/h3-12,15H,1-2H3,(H,22,25)(H,23,26)/b20-11-,21-12-. The van der Waals surface area contributed by atoms with Gasteiger partial charge in [0.05, 0.1) is 14.2 Å². The van der Waals surface area contributed by atoms with Crippen molar-refractivity contribution in [1.29, 1.82) is 0 Å². The number of hydrazone groups is 2. The van der Waals surface area contributed by atoms with Crippen molar-refractivity contribution in [3.05, 3.63) is 69.8 Å². The zero-order valence-corrected chi connectivity index (χ0v) is 16.1. The second-order valence-electron chi connectivity index (χ2n) is 5.67. The molecule has 0 unspecified atom stereocenters. The Morgan fingerprint density at radius 1 is 0.867 bits per heavy atom. The molecule has 2 N–H and O–H groups in total. The summed E-state index contributed by atoms with van der Waals surface area (Å²) in [6, 6.07) is 11.0. The molecule has 0 spiro atoms. The van der Waals surface area contributed by atoms with E-state index in [4.69, 9.17) is 9.47 Å². The highest BCUT2D eigenvalue weighted by atomic mass is 16.6. The van der Waals surface area contributed by atoms with Crippen molar-refractivity contribution in [3.63, 3.8) is 0 Å². The number of ether oxygens (including phenoxy) is 2. The van der Waals surface area contributed by atoms with E-state index in [1.165, 1.54) is 38.5 Å². The number of nitrogens with zero attached hydrogens (tertiary/aromatic N) is 3. The van der Waals surface area contributed by atoms with Gasteiger partial charge in [0.25, 0.3) is 17.9 Å². The summed E-state index contributed by atoms with van der Waals surface area (Å²) in [5.41, 5.74) is 4.96. The van der Waals surface area contributed by atoms with E-state index in [2.05, 4.69) is 21.1 Å². The third-order valence-electron chi connectivity index (χ3n) is 3.73. The lowest BCUT2D eigenvalue weighted by molar-refractivity contribution is -0.482. The predicted octanol–water partition coefficient (Wildman–Crippen LogP) is 1.48. The van der Waals surface area contributed by atoms with E-state index in [9.17, 15) is 19.7 Å². The quantitative estimate of drug-likeness (QED) is 0.362. The van der Waals surface area contributed by atoms with Gasteiger partial charge < -0.3 is 9.47 Å². The molecule has 0 radical (unpaired) electrons. The van der Waals surface area contributed by atoms with Crippen LogP contribution in [0.5, 0.6) is 11.5 Å². The van der Waals surface area contributed by atoms with Gasteiger partial charge in [0.1, 0.15) is 23.9 Å². The normalized spacial score (nSPS) is 10.9. The average Bonchev–Trinajstić information content (AvgIpc) is 2.77. The third kappa shape index (κ3) is 6.41. The Kier molecular flexibility index (Phi) is 8.00. The average molecular weight is 413 g/mol. The Morgan fingerprint density at radius 2 is 1.23 bits per heavy atom. The maximum Gasteiger partial charge on any atom is 0.286 e. The Balaban J connectivity index is 1.91. The van der Waals surface area contributed by atoms with Gasteiger partial charge in [-0.3, -0.25) is 19.7 Å². The molecule has 2 amide bonds. The molecule has 0 bridgehead atoms. The van der Waals surface area contributed by atoms with Crippen LogP contribution in [0.3, 0.4) is 0 Å². The van der Waals surface area contributed by atoms with Gasteiger partial charge in [-0.1, -0.05) is 0 Å². The first kappa shape index (κ1) is 22.0. The largest absolute Gasteiger partial charge is 0.497 e. The van der Waals surface area contributed by atoms with Gasteiger partial charge in [0.2, 0.25) is 0 Å². The Labute approximate surface area is 171 Å². The first-order chi connectivity index (χ1) is 14.4. The van der Waals surface area contributed by atoms with Gasteiger partial charge in [-0.15, -0.1) is 0 Å². The first-order valence-electron chi connectivity index (χ1n) is 8.53. The summed E-state index contributed by atoms with van der Waals surface area (Å²) < 4.78 is 9.99. The lowest BCUT2D eigenvalue weighted by atomic mass is 10.2. The maximum atomic E-state index is 12.0. The number of hydrogen-bond donors (Lipinski definition) is 2. The van der Waals surface area contributed by atoms with E-state index in [1.54, 1.807) is 24.3 Å². The number of rotatable bonds is 9. The van der Waals surface area contributed by atoms with Gasteiger partial charge in [0.15, 0.2) is 0 Å². The van der Waals surface area contributed by atoms with Crippen molar-refractivity contribution in [1.82, 2.24) is 10.9 Å². The summed E-state index contributed by atoms with van der Waals surface area (Å²) in [7, 11) is 3.00. The zero-order chi connectivity index (χ0) is 21.9.